The van der Waals surface area contributed by atoms with Gasteiger partial charge in [-0.05, 0) is 12.1 Å². The Morgan fingerprint density at radius 3 is 2.76 bits per heavy atom. The van der Waals surface area contributed by atoms with E-state index in [1.165, 1.54) is 0 Å². The summed E-state index contributed by atoms with van der Waals surface area (Å²) in [5.74, 6) is 0.726. The monoisotopic (exact) mass is 257 g/mol. The van der Waals surface area contributed by atoms with E-state index >= 15 is 0 Å². The molecule has 4 nitrogen and oxygen atoms in total. The molecule has 1 aliphatic heterocycles. The highest BCUT2D eigenvalue weighted by Crippen LogP contribution is 2.30. The third kappa shape index (κ3) is 2.65. The lowest BCUT2D eigenvalue weighted by Gasteiger charge is -2.40. The number of ether oxygens (including phenoxy) is 2. The van der Waals surface area contributed by atoms with E-state index in [1.54, 1.807) is 13.2 Å². The van der Waals surface area contributed by atoms with Crippen molar-refractivity contribution in [1.29, 1.82) is 0 Å². The number of hydrogen-bond acceptors (Lipinski definition) is 4. The number of benzene rings is 1. The van der Waals surface area contributed by atoms with Crippen LogP contribution in [0.25, 0.3) is 0 Å². The first kappa shape index (κ1) is 12.5. The number of rotatable bonds is 5. The van der Waals surface area contributed by atoms with E-state index in [4.69, 9.17) is 21.1 Å². The number of aliphatic hydroxyl groups excluding tert-OH is 1. The maximum absolute atomic E-state index is 9.29. The predicted octanol–water partition coefficient (Wildman–Crippen LogP) is 1.77. The van der Waals surface area contributed by atoms with Gasteiger partial charge in [-0.2, -0.15) is 0 Å². The second kappa shape index (κ2) is 5.12. The highest BCUT2D eigenvalue weighted by molar-refractivity contribution is 6.33. The van der Waals surface area contributed by atoms with E-state index < -0.39 is 0 Å². The van der Waals surface area contributed by atoms with Crippen LogP contribution in [0.4, 0.5) is 5.69 Å². The third-order valence-electron chi connectivity index (χ3n) is 2.98. The average molecular weight is 258 g/mol. The SMILES string of the molecule is COc1ccc(NCC2(CO)COC2)c(Cl)c1. The minimum atomic E-state index is -0.163. The molecule has 1 aromatic carbocycles. The summed E-state index contributed by atoms with van der Waals surface area (Å²) in [5.41, 5.74) is 0.677. The van der Waals surface area contributed by atoms with E-state index in [0.29, 0.717) is 24.8 Å². The van der Waals surface area contributed by atoms with Crippen LogP contribution < -0.4 is 10.1 Å². The van der Waals surface area contributed by atoms with Crippen molar-refractivity contribution in [1.82, 2.24) is 0 Å². The molecular weight excluding hydrogens is 242 g/mol. The first-order valence-corrected chi connectivity index (χ1v) is 5.83. The molecule has 1 fully saturated rings. The van der Waals surface area contributed by atoms with Gasteiger partial charge in [0.05, 0.1) is 43.1 Å². The smallest absolute Gasteiger partial charge is 0.120 e. The summed E-state index contributed by atoms with van der Waals surface area (Å²) >= 11 is 6.11. The molecule has 2 rings (SSSR count). The van der Waals surface area contributed by atoms with Crippen LogP contribution in [0, 0.1) is 5.41 Å². The highest BCUT2D eigenvalue weighted by atomic mass is 35.5. The van der Waals surface area contributed by atoms with Gasteiger partial charge in [0, 0.05) is 12.6 Å². The summed E-state index contributed by atoms with van der Waals surface area (Å²) in [6.07, 6.45) is 0. The van der Waals surface area contributed by atoms with Gasteiger partial charge in [0.1, 0.15) is 5.75 Å². The Bertz CT molecular complexity index is 388. The van der Waals surface area contributed by atoms with Crippen LogP contribution in [0.15, 0.2) is 18.2 Å². The molecule has 1 aliphatic rings. The fraction of sp³-hybridized carbons (Fsp3) is 0.500. The van der Waals surface area contributed by atoms with Crippen LogP contribution in [-0.2, 0) is 4.74 Å². The lowest BCUT2D eigenvalue weighted by Crippen LogP contribution is -2.50. The molecule has 0 amide bonds. The quantitative estimate of drug-likeness (QED) is 0.844. The van der Waals surface area contributed by atoms with Crippen LogP contribution in [0.1, 0.15) is 0 Å². The van der Waals surface area contributed by atoms with Gasteiger partial charge in [-0.15, -0.1) is 0 Å². The molecule has 2 N–H and O–H groups in total. The van der Waals surface area contributed by atoms with Gasteiger partial charge < -0.3 is 19.9 Å². The van der Waals surface area contributed by atoms with Gasteiger partial charge in [-0.1, -0.05) is 11.6 Å². The van der Waals surface area contributed by atoms with Crippen molar-refractivity contribution in [3.05, 3.63) is 23.2 Å². The molecule has 17 heavy (non-hydrogen) atoms. The normalized spacial score (nSPS) is 17.4. The van der Waals surface area contributed by atoms with Gasteiger partial charge in [0.15, 0.2) is 0 Å². The lowest BCUT2D eigenvalue weighted by molar-refractivity contribution is -0.128. The van der Waals surface area contributed by atoms with Crippen molar-refractivity contribution in [2.75, 3.05) is 38.8 Å². The standard InChI is InChI=1S/C12H16ClNO3/c1-16-9-2-3-11(10(13)4-9)14-5-12(6-15)7-17-8-12/h2-4,14-15H,5-8H2,1H3. The van der Waals surface area contributed by atoms with Crippen molar-refractivity contribution in [3.8, 4) is 5.75 Å². The average Bonchev–Trinajstić information content (AvgIpc) is 2.30. The van der Waals surface area contributed by atoms with E-state index in [0.717, 1.165) is 11.4 Å². The molecule has 5 heteroatoms. The minimum Gasteiger partial charge on any atom is -0.497 e. The summed E-state index contributed by atoms with van der Waals surface area (Å²) < 4.78 is 10.2. The lowest BCUT2D eigenvalue weighted by atomic mass is 9.87. The Kier molecular flexibility index (Phi) is 3.76. The molecule has 0 spiro atoms. The Hall–Kier alpha value is -0.970. The molecule has 94 valence electrons. The summed E-state index contributed by atoms with van der Waals surface area (Å²) in [6, 6.07) is 5.47. The zero-order valence-electron chi connectivity index (χ0n) is 9.70. The second-order valence-corrected chi connectivity index (χ2v) is 4.76. The van der Waals surface area contributed by atoms with Crippen molar-refractivity contribution in [3.63, 3.8) is 0 Å². The minimum absolute atomic E-state index is 0.119. The molecule has 0 aromatic heterocycles. The van der Waals surface area contributed by atoms with Gasteiger partial charge in [-0.3, -0.25) is 0 Å². The number of halogens is 1. The first-order chi connectivity index (χ1) is 8.19. The molecule has 1 saturated heterocycles. The Labute approximate surface area is 105 Å². The van der Waals surface area contributed by atoms with Crippen LogP contribution in [0.5, 0.6) is 5.75 Å². The van der Waals surface area contributed by atoms with Crippen molar-refractivity contribution in [2.24, 2.45) is 5.41 Å². The molecule has 1 heterocycles. The van der Waals surface area contributed by atoms with Crippen LogP contribution >= 0.6 is 11.6 Å². The Balaban J connectivity index is 1.99. The van der Waals surface area contributed by atoms with Gasteiger partial charge in [-0.25, -0.2) is 0 Å². The molecule has 0 unspecified atom stereocenters. The summed E-state index contributed by atoms with van der Waals surface area (Å²) in [5, 5.41) is 13.1. The van der Waals surface area contributed by atoms with Crippen LogP contribution in [0.3, 0.4) is 0 Å². The molecular formula is C12H16ClNO3. The van der Waals surface area contributed by atoms with Crippen molar-refractivity contribution in [2.45, 2.75) is 0 Å². The number of hydrogen-bond donors (Lipinski definition) is 2. The largest absolute Gasteiger partial charge is 0.497 e. The van der Waals surface area contributed by atoms with Crippen molar-refractivity contribution >= 4 is 17.3 Å². The van der Waals surface area contributed by atoms with Gasteiger partial charge >= 0.3 is 0 Å². The number of aliphatic hydroxyl groups is 1. The van der Waals surface area contributed by atoms with Gasteiger partial charge in [0.2, 0.25) is 0 Å². The summed E-state index contributed by atoms with van der Waals surface area (Å²) in [7, 11) is 1.60. The summed E-state index contributed by atoms with van der Waals surface area (Å²) in [4.78, 5) is 0. The van der Waals surface area contributed by atoms with Gasteiger partial charge in [0.25, 0.3) is 0 Å². The fourth-order valence-electron chi connectivity index (χ4n) is 1.69. The maximum Gasteiger partial charge on any atom is 0.120 e. The van der Waals surface area contributed by atoms with E-state index in [2.05, 4.69) is 5.32 Å². The molecule has 0 atom stereocenters. The number of methoxy groups -OCH3 is 1. The zero-order valence-corrected chi connectivity index (χ0v) is 10.5. The maximum atomic E-state index is 9.29. The number of nitrogens with one attached hydrogen (secondary N) is 1. The first-order valence-electron chi connectivity index (χ1n) is 5.45. The highest BCUT2D eigenvalue weighted by Gasteiger charge is 2.37. The Morgan fingerprint density at radius 1 is 1.53 bits per heavy atom. The Morgan fingerprint density at radius 2 is 2.29 bits per heavy atom. The van der Waals surface area contributed by atoms with Crippen LogP contribution in [-0.4, -0.2) is 38.6 Å². The van der Waals surface area contributed by atoms with E-state index in [9.17, 15) is 5.11 Å². The second-order valence-electron chi connectivity index (χ2n) is 4.35. The predicted molar refractivity (Wildman–Crippen MR) is 66.8 cm³/mol. The van der Waals surface area contributed by atoms with Crippen LogP contribution in [0.2, 0.25) is 5.02 Å². The zero-order chi connectivity index (χ0) is 12.3. The topological polar surface area (TPSA) is 50.7 Å². The molecule has 1 aromatic rings. The molecule has 0 aliphatic carbocycles. The third-order valence-corrected chi connectivity index (χ3v) is 3.29. The van der Waals surface area contributed by atoms with E-state index in [1.807, 2.05) is 12.1 Å². The van der Waals surface area contributed by atoms with E-state index in [-0.39, 0.29) is 12.0 Å². The number of anilines is 1. The molecule has 0 bridgehead atoms. The molecule has 0 saturated carbocycles. The van der Waals surface area contributed by atoms with Crippen molar-refractivity contribution < 1.29 is 14.6 Å². The summed E-state index contributed by atoms with van der Waals surface area (Å²) in [6.45, 7) is 1.94. The molecule has 0 radical (unpaired) electrons. The fourth-order valence-corrected chi connectivity index (χ4v) is 1.93.